The number of nitrogens with zero attached hydrogens (tertiary/aromatic N) is 1. The van der Waals surface area contributed by atoms with Crippen LogP contribution in [0.2, 0.25) is 0 Å². The molecule has 0 N–H and O–H groups in total. The lowest BCUT2D eigenvalue weighted by molar-refractivity contribution is -0.123. The summed E-state index contributed by atoms with van der Waals surface area (Å²) < 4.78 is 0. The topological polar surface area (TPSA) is 20.3 Å². The number of hydrogen-bond acceptors (Lipinski definition) is 2. The lowest BCUT2D eigenvalue weighted by Crippen LogP contribution is -2.25. The van der Waals surface area contributed by atoms with Crippen molar-refractivity contribution in [3.63, 3.8) is 0 Å². The van der Waals surface area contributed by atoms with E-state index in [9.17, 15) is 4.79 Å². The van der Waals surface area contributed by atoms with Gasteiger partial charge in [-0.15, -0.1) is 0 Å². The molecule has 0 saturated carbocycles. The number of rotatable bonds is 4. The fourth-order valence-corrected chi connectivity index (χ4v) is 4.01. The van der Waals surface area contributed by atoms with Gasteiger partial charge in [-0.05, 0) is 46.0 Å². The third kappa shape index (κ3) is 3.14. The van der Waals surface area contributed by atoms with Crippen LogP contribution in [0.25, 0.3) is 5.57 Å². The summed E-state index contributed by atoms with van der Waals surface area (Å²) in [5.41, 5.74) is 6.53. The Morgan fingerprint density at radius 1 is 0.923 bits per heavy atom. The largest absolute Gasteiger partial charge is 0.304 e. The van der Waals surface area contributed by atoms with E-state index < -0.39 is 0 Å². The van der Waals surface area contributed by atoms with Gasteiger partial charge in [-0.3, -0.25) is 4.79 Å². The van der Waals surface area contributed by atoms with Gasteiger partial charge in [0.25, 0.3) is 5.91 Å². The van der Waals surface area contributed by atoms with Crippen LogP contribution in [-0.2, 0) is 11.3 Å². The number of carbonyl (C=O) groups excluding carboxylic acids is 1. The molecule has 3 aromatic rings. The molecule has 26 heavy (non-hydrogen) atoms. The van der Waals surface area contributed by atoms with Crippen molar-refractivity contribution < 1.29 is 4.79 Å². The summed E-state index contributed by atoms with van der Waals surface area (Å²) in [6.07, 6.45) is 1.74. The van der Waals surface area contributed by atoms with Crippen molar-refractivity contribution in [3.05, 3.63) is 112 Å². The van der Waals surface area contributed by atoms with Crippen molar-refractivity contribution in [3.8, 4) is 0 Å². The summed E-state index contributed by atoms with van der Waals surface area (Å²) in [5, 5.41) is 4.22. The van der Waals surface area contributed by atoms with E-state index in [1.54, 1.807) is 17.4 Å². The monoisotopic (exact) mass is 357 g/mol. The Bertz CT molecular complexity index is 970. The first kappa shape index (κ1) is 16.6. The second-order valence-electron chi connectivity index (χ2n) is 6.34. The highest BCUT2D eigenvalue weighted by Crippen LogP contribution is 2.37. The van der Waals surface area contributed by atoms with Gasteiger partial charge in [-0.1, -0.05) is 60.7 Å². The van der Waals surface area contributed by atoms with Crippen LogP contribution >= 0.6 is 11.3 Å². The Kier molecular flexibility index (Phi) is 4.55. The first-order valence-electron chi connectivity index (χ1n) is 8.60. The molecule has 2 nitrogen and oxygen atoms in total. The summed E-state index contributed by atoms with van der Waals surface area (Å²) in [5.74, 6) is 0.0463. The Hall–Kier alpha value is -2.91. The summed E-state index contributed by atoms with van der Waals surface area (Å²) in [7, 11) is 0. The van der Waals surface area contributed by atoms with E-state index in [0.29, 0.717) is 6.54 Å². The molecule has 2 aromatic carbocycles. The highest BCUT2D eigenvalue weighted by Gasteiger charge is 2.29. The minimum Gasteiger partial charge on any atom is -0.304 e. The van der Waals surface area contributed by atoms with Crippen LogP contribution in [0.1, 0.15) is 23.6 Å². The van der Waals surface area contributed by atoms with Crippen LogP contribution < -0.4 is 0 Å². The first-order valence-corrected chi connectivity index (χ1v) is 9.54. The molecular weight excluding hydrogens is 338 g/mol. The van der Waals surface area contributed by atoms with Crippen LogP contribution in [0.3, 0.4) is 0 Å². The molecule has 1 aliphatic rings. The van der Waals surface area contributed by atoms with Gasteiger partial charge in [-0.2, -0.15) is 11.3 Å². The smallest absolute Gasteiger partial charge is 0.251 e. The van der Waals surface area contributed by atoms with E-state index in [4.69, 9.17) is 0 Å². The van der Waals surface area contributed by atoms with E-state index in [2.05, 4.69) is 41.1 Å². The van der Waals surface area contributed by atoms with Gasteiger partial charge in [0.05, 0.1) is 12.2 Å². The number of amides is 1. The van der Waals surface area contributed by atoms with Gasteiger partial charge in [0.2, 0.25) is 0 Å². The molecule has 128 valence electrons. The van der Waals surface area contributed by atoms with Gasteiger partial charge in [-0.25, -0.2) is 0 Å². The number of thiophene rings is 1. The van der Waals surface area contributed by atoms with Crippen LogP contribution in [0.15, 0.2) is 94.8 Å². The van der Waals surface area contributed by atoms with E-state index in [1.807, 2.05) is 48.2 Å². The second-order valence-corrected chi connectivity index (χ2v) is 7.12. The van der Waals surface area contributed by atoms with Crippen molar-refractivity contribution >= 4 is 22.8 Å². The Morgan fingerprint density at radius 2 is 1.62 bits per heavy atom. The molecule has 0 aliphatic carbocycles. The molecule has 0 saturated heterocycles. The highest BCUT2D eigenvalue weighted by atomic mass is 32.1. The zero-order valence-corrected chi connectivity index (χ0v) is 15.4. The van der Waals surface area contributed by atoms with Crippen molar-refractivity contribution in [2.24, 2.45) is 0 Å². The van der Waals surface area contributed by atoms with Crippen LogP contribution in [0.4, 0.5) is 0 Å². The molecule has 0 radical (unpaired) electrons. The molecule has 0 unspecified atom stereocenters. The first-order chi connectivity index (χ1) is 12.7. The standard InChI is InChI=1S/C23H19NOS/c1-17-14-21(25)24(15-18-8-4-2-5-9-18)23(17)22(20-12-13-26-16-20)19-10-6-3-7-11-19/h2-14,16H,15H2,1H3/b23-22+. The number of carbonyl (C=O) groups is 1. The molecule has 0 atom stereocenters. The van der Waals surface area contributed by atoms with Gasteiger partial charge >= 0.3 is 0 Å². The number of hydrogen-bond donors (Lipinski definition) is 0. The summed E-state index contributed by atoms with van der Waals surface area (Å²) in [6.45, 7) is 2.59. The normalized spacial score (nSPS) is 16.0. The minimum absolute atomic E-state index is 0.0463. The highest BCUT2D eigenvalue weighted by molar-refractivity contribution is 7.08. The summed E-state index contributed by atoms with van der Waals surface area (Å²) in [6, 6.07) is 22.6. The predicted octanol–water partition coefficient (Wildman–Crippen LogP) is 5.50. The molecule has 0 bridgehead atoms. The van der Waals surface area contributed by atoms with Gasteiger partial charge in [0, 0.05) is 11.6 Å². The van der Waals surface area contributed by atoms with Crippen LogP contribution in [-0.4, -0.2) is 10.8 Å². The van der Waals surface area contributed by atoms with Gasteiger partial charge in [0.1, 0.15) is 0 Å². The zero-order valence-electron chi connectivity index (χ0n) is 14.6. The summed E-state index contributed by atoms with van der Waals surface area (Å²) in [4.78, 5) is 14.6. The third-order valence-corrected chi connectivity index (χ3v) is 5.23. The van der Waals surface area contributed by atoms with Gasteiger partial charge < -0.3 is 4.90 Å². The molecule has 0 spiro atoms. The molecule has 1 amide bonds. The molecule has 0 fully saturated rings. The Labute approximate surface area is 157 Å². The van der Waals surface area contributed by atoms with Gasteiger partial charge in [0.15, 0.2) is 0 Å². The SMILES string of the molecule is CC1=CC(=O)N(Cc2ccccc2)/C1=C(\c1ccccc1)c1ccsc1. The molecule has 3 heteroatoms. The average Bonchev–Trinajstić information content (AvgIpc) is 3.28. The second kappa shape index (κ2) is 7.14. The van der Waals surface area contributed by atoms with Crippen molar-refractivity contribution in [1.29, 1.82) is 0 Å². The molecule has 4 rings (SSSR count). The predicted molar refractivity (Wildman–Crippen MR) is 108 cm³/mol. The zero-order chi connectivity index (χ0) is 17.9. The van der Waals surface area contributed by atoms with E-state index in [1.165, 1.54) is 0 Å². The summed E-state index contributed by atoms with van der Waals surface area (Å²) >= 11 is 1.67. The maximum Gasteiger partial charge on any atom is 0.251 e. The Morgan fingerprint density at radius 3 is 2.27 bits per heavy atom. The molecular formula is C23H19NOS. The van der Waals surface area contributed by atoms with E-state index >= 15 is 0 Å². The number of allylic oxidation sites excluding steroid dienone is 1. The lowest BCUT2D eigenvalue weighted by atomic mass is 9.95. The average molecular weight is 357 g/mol. The van der Waals surface area contributed by atoms with Crippen molar-refractivity contribution in [2.45, 2.75) is 13.5 Å². The fraction of sp³-hybridized carbons (Fsp3) is 0.0870. The van der Waals surface area contributed by atoms with Crippen molar-refractivity contribution in [1.82, 2.24) is 4.90 Å². The lowest BCUT2D eigenvalue weighted by Gasteiger charge is -2.23. The fourth-order valence-electron chi connectivity index (χ4n) is 3.36. The minimum atomic E-state index is 0.0463. The third-order valence-electron chi connectivity index (χ3n) is 4.54. The maximum atomic E-state index is 12.7. The van der Waals surface area contributed by atoms with Crippen molar-refractivity contribution in [2.75, 3.05) is 0 Å². The maximum absolute atomic E-state index is 12.7. The molecule has 2 heterocycles. The quantitative estimate of drug-likeness (QED) is 0.604. The van der Waals surface area contributed by atoms with Crippen LogP contribution in [0, 0.1) is 0 Å². The molecule has 1 aliphatic heterocycles. The van der Waals surface area contributed by atoms with E-state index in [-0.39, 0.29) is 5.91 Å². The van der Waals surface area contributed by atoms with E-state index in [0.717, 1.165) is 33.5 Å². The Balaban J connectivity index is 1.88. The molecule has 1 aromatic heterocycles. The van der Waals surface area contributed by atoms with Crippen LogP contribution in [0.5, 0.6) is 0 Å². The number of benzene rings is 2.